The summed E-state index contributed by atoms with van der Waals surface area (Å²) in [4.78, 5) is 20.8. The standard InChI is InChI=1S/C24H21ClN4O3/c1-31-19-9-6-18(7-10-19)23(30)28-12-14-29(15-13-28)24-21(16-26)27-22(32-24)11-8-17-4-2-3-5-20(17)25/h2-11H,12-15H2,1H3/b11-8+. The van der Waals surface area contributed by atoms with Gasteiger partial charge >= 0.3 is 0 Å². The Balaban J connectivity index is 1.43. The molecule has 0 radical (unpaired) electrons. The van der Waals surface area contributed by atoms with E-state index in [0.29, 0.717) is 54.3 Å². The topological polar surface area (TPSA) is 82.6 Å². The van der Waals surface area contributed by atoms with E-state index in [1.54, 1.807) is 54.5 Å². The van der Waals surface area contributed by atoms with E-state index < -0.39 is 0 Å². The highest BCUT2D eigenvalue weighted by Gasteiger charge is 2.26. The molecule has 0 bridgehead atoms. The SMILES string of the molecule is COc1ccc(C(=O)N2CCN(c3oc(/C=C/c4ccccc4Cl)nc3C#N)CC2)cc1. The summed E-state index contributed by atoms with van der Waals surface area (Å²) in [6, 6.07) is 16.6. The Kier molecular flexibility index (Phi) is 6.43. The highest BCUT2D eigenvalue weighted by Crippen LogP contribution is 2.25. The van der Waals surface area contributed by atoms with E-state index in [9.17, 15) is 10.1 Å². The molecule has 2 aromatic carbocycles. The lowest BCUT2D eigenvalue weighted by Gasteiger charge is -2.34. The number of hydrogen-bond acceptors (Lipinski definition) is 6. The molecule has 1 amide bonds. The molecule has 7 nitrogen and oxygen atoms in total. The van der Waals surface area contributed by atoms with Crippen LogP contribution in [0.5, 0.6) is 5.75 Å². The van der Waals surface area contributed by atoms with Crippen molar-refractivity contribution in [1.82, 2.24) is 9.88 Å². The molecule has 4 rings (SSSR count). The van der Waals surface area contributed by atoms with Crippen LogP contribution in [0.2, 0.25) is 5.02 Å². The molecule has 0 aliphatic carbocycles. The normalized spacial score (nSPS) is 13.9. The average molecular weight is 449 g/mol. The minimum atomic E-state index is -0.0336. The number of carbonyl (C=O) groups is 1. The Bertz CT molecular complexity index is 1170. The van der Waals surface area contributed by atoms with Crippen molar-refractivity contribution in [3.63, 3.8) is 0 Å². The van der Waals surface area contributed by atoms with Gasteiger partial charge in [0, 0.05) is 42.8 Å². The number of carbonyl (C=O) groups excluding carboxylic acids is 1. The van der Waals surface area contributed by atoms with Crippen LogP contribution in [0.15, 0.2) is 52.9 Å². The number of amides is 1. The van der Waals surface area contributed by atoms with Crippen molar-refractivity contribution in [2.45, 2.75) is 0 Å². The van der Waals surface area contributed by atoms with Crippen LogP contribution in [0.3, 0.4) is 0 Å². The number of nitrogens with zero attached hydrogens (tertiary/aromatic N) is 4. The molecule has 8 heteroatoms. The lowest BCUT2D eigenvalue weighted by molar-refractivity contribution is 0.0745. The molecule has 1 fully saturated rings. The van der Waals surface area contributed by atoms with Crippen LogP contribution in [-0.4, -0.2) is 49.1 Å². The fourth-order valence-electron chi connectivity index (χ4n) is 3.49. The monoisotopic (exact) mass is 448 g/mol. The van der Waals surface area contributed by atoms with Crippen LogP contribution in [0, 0.1) is 11.3 Å². The zero-order valence-electron chi connectivity index (χ0n) is 17.5. The molecule has 2 heterocycles. The van der Waals surface area contributed by atoms with Crippen molar-refractivity contribution in [3.8, 4) is 11.8 Å². The number of ether oxygens (including phenoxy) is 1. The van der Waals surface area contributed by atoms with E-state index in [1.165, 1.54) is 0 Å². The summed E-state index contributed by atoms with van der Waals surface area (Å²) in [5, 5.41) is 10.1. The van der Waals surface area contributed by atoms with Crippen molar-refractivity contribution in [2.24, 2.45) is 0 Å². The summed E-state index contributed by atoms with van der Waals surface area (Å²) in [7, 11) is 1.59. The largest absolute Gasteiger partial charge is 0.497 e. The van der Waals surface area contributed by atoms with E-state index >= 15 is 0 Å². The molecule has 0 N–H and O–H groups in total. The van der Waals surface area contributed by atoms with Gasteiger partial charge in [-0.2, -0.15) is 10.2 Å². The minimum Gasteiger partial charge on any atom is -0.497 e. The van der Waals surface area contributed by atoms with E-state index in [0.717, 1.165) is 5.56 Å². The summed E-state index contributed by atoms with van der Waals surface area (Å²) in [5.74, 6) is 1.42. The highest BCUT2D eigenvalue weighted by atomic mass is 35.5. The zero-order valence-corrected chi connectivity index (χ0v) is 18.2. The number of nitriles is 1. The molecule has 1 aromatic heterocycles. The van der Waals surface area contributed by atoms with Crippen LogP contribution in [0.25, 0.3) is 12.2 Å². The number of rotatable bonds is 5. The number of aromatic nitrogens is 1. The molecule has 1 aliphatic rings. The Morgan fingerprint density at radius 1 is 1.12 bits per heavy atom. The number of piperazine rings is 1. The fraction of sp³-hybridized carbons (Fsp3) is 0.208. The Morgan fingerprint density at radius 3 is 2.50 bits per heavy atom. The molecule has 1 aliphatic heterocycles. The van der Waals surface area contributed by atoms with E-state index in [-0.39, 0.29) is 11.6 Å². The van der Waals surface area contributed by atoms with E-state index in [4.69, 9.17) is 20.8 Å². The van der Waals surface area contributed by atoms with E-state index in [2.05, 4.69) is 11.1 Å². The molecule has 0 saturated carbocycles. The second kappa shape index (κ2) is 9.58. The van der Waals surface area contributed by atoms with Crippen molar-refractivity contribution >= 4 is 35.5 Å². The second-order valence-electron chi connectivity index (χ2n) is 7.18. The Labute approximate surface area is 191 Å². The maximum Gasteiger partial charge on any atom is 0.253 e. The molecule has 3 aromatic rings. The van der Waals surface area contributed by atoms with Crippen molar-refractivity contribution in [2.75, 3.05) is 38.2 Å². The van der Waals surface area contributed by atoms with E-state index in [1.807, 2.05) is 23.1 Å². The molecule has 0 spiro atoms. The third-order valence-electron chi connectivity index (χ3n) is 5.23. The first-order valence-electron chi connectivity index (χ1n) is 10.1. The summed E-state index contributed by atoms with van der Waals surface area (Å²) < 4.78 is 11.0. The highest BCUT2D eigenvalue weighted by molar-refractivity contribution is 6.32. The quantitative estimate of drug-likeness (QED) is 0.577. The second-order valence-corrected chi connectivity index (χ2v) is 7.59. The van der Waals surface area contributed by atoms with Gasteiger partial charge in [-0.3, -0.25) is 4.79 Å². The summed E-state index contributed by atoms with van der Waals surface area (Å²) in [6.07, 6.45) is 3.49. The van der Waals surface area contributed by atoms with Crippen LogP contribution in [-0.2, 0) is 0 Å². The van der Waals surface area contributed by atoms with Crippen molar-refractivity contribution in [3.05, 3.63) is 76.3 Å². The van der Waals surface area contributed by atoms with Crippen LogP contribution >= 0.6 is 11.6 Å². The van der Waals surface area contributed by atoms with Crippen LogP contribution < -0.4 is 9.64 Å². The van der Waals surface area contributed by atoms with Crippen molar-refractivity contribution in [1.29, 1.82) is 5.26 Å². The number of hydrogen-bond donors (Lipinski definition) is 0. The smallest absolute Gasteiger partial charge is 0.253 e. The van der Waals surface area contributed by atoms with Gasteiger partial charge in [-0.1, -0.05) is 29.8 Å². The Hall–Kier alpha value is -3.76. The molecule has 0 atom stereocenters. The predicted molar refractivity (Wildman–Crippen MR) is 123 cm³/mol. The third kappa shape index (κ3) is 4.61. The Morgan fingerprint density at radius 2 is 1.84 bits per heavy atom. The van der Waals surface area contributed by atoms with Crippen LogP contribution in [0.4, 0.5) is 5.88 Å². The fourth-order valence-corrected chi connectivity index (χ4v) is 3.69. The molecular formula is C24H21ClN4O3. The predicted octanol–water partition coefficient (Wildman–Crippen LogP) is 4.34. The number of methoxy groups -OCH3 is 1. The third-order valence-corrected chi connectivity index (χ3v) is 5.58. The van der Waals surface area contributed by atoms with Gasteiger partial charge in [-0.05, 0) is 42.0 Å². The number of oxazole rings is 1. The average Bonchev–Trinajstić information content (AvgIpc) is 3.26. The minimum absolute atomic E-state index is 0.0336. The van der Waals surface area contributed by atoms with Crippen molar-refractivity contribution < 1.29 is 13.9 Å². The number of benzene rings is 2. The summed E-state index contributed by atoms with van der Waals surface area (Å²) in [5.41, 5.74) is 1.67. The molecule has 0 unspecified atom stereocenters. The number of halogens is 1. The molecular weight excluding hydrogens is 428 g/mol. The van der Waals surface area contributed by atoms with Gasteiger partial charge in [0.25, 0.3) is 5.91 Å². The molecule has 32 heavy (non-hydrogen) atoms. The maximum atomic E-state index is 12.8. The van der Waals surface area contributed by atoms with Crippen LogP contribution in [0.1, 0.15) is 27.5 Å². The number of anilines is 1. The van der Waals surface area contributed by atoms with Gasteiger partial charge in [-0.25, -0.2) is 0 Å². The maximum absolute atomic E-state index is 12.8. The van der Waals surface area contributed by atoms with Gasteiger partial charge in [0.15, 0.2) is 0 Å². The van der Waals surface area contributed by atoms with Gasteiger partial charge in [0.1, 0.15) is 11.8 Å². The molecule has 162 valence electrons. The van der Waals surface area contributed by atoms with Gasteiger partial charge in [-0.15, -0.1) is 0 Å². The van der Waals surface area contributed by atoms with Gasteiger partial charge in [0.2, 0.25) is 17.5 Å². The van der Waals surface area contributed by atoms with Gasteiger partial charge in [0.05, 0.1) is 7.11 Å². The first-order chi connectivity index (χ1) is 15.6. The zero-order chi connectivity index (χ0) is 22.5. The first kappa shape index (κ1) is 21.5. The van der Waals surface area contributed by atoms with Gasteiger partial charge < -0.3 is 19.0 Å². The molecule has 1 saturated heterocycles. The lowest BCUT2D eigenvalue weighted by Crippen LogP contribution is -2.48. The first-order valence-corrected chi connectivity index (χ1v) is 10.5. The summed E-state index contributed by atoms with van der Waals surface area (Å²) in [6.45, 7) is 2.11. The summed E-state index contributed by atoms with van der Waals surface area (Å²) >= 11 is 6.17. The lowest BCUT2D eigenvalue weighted by atomic mass is 10.1.